The van der Waals surface area contributed by atoms with Crippen LogP contribution in [-0.2, 0) is 6.54 Å². The predicted octanol–water partition coefficient (Wildman–Crippen LogP) is 4.27. The van der Waals surface area contributed by atoms with Gasteiger partial charge in [-0.05, 0) is 55.1 Å². The molecule has 2 aromatic rings. The molecule has 0 fully saturated rings. The third-order valence-corrected chi connectivity index (χ3v) is 6.14. The lowest BCUT2D eigenvalue weighted by Crippen LogP contribution is -3.09. The van der Waals surface area contributed by atoms with Gasteiger partial charge in [0.2, 0.25) is 0 Å². The molecule has 5 heteroatoms. The van der Waals surface area contributed by atoms with Crippen LogP contribution in [0.2, 0.25) is 0 Å². The number of hydrogen-bond donors (Lipinski definition) is 2. The van der Waals surface area contributed by atoms with E-state index in [0.29, 0.717) is 0 Å². The Labute approximate surface area is 174 Å². The van der Waals surface area contributed by atoms with Crippen LogP contribution in [0.3, 0.4) is 0 Å². The van der Waals surface area contributed by atoms with Crippen LogP contribution in [-0.4, -0.2) is 36.7 Å². The summed E-state index contributed by atoms with van der Waals surface area (Å²) in [6.07, 6.45) is 3.72. The maximum atomic E-state index is 5.81. The first-order valence-corrected chi connectivity index (χ1v) is 11.3. The lowest BCUT2D eigenvalue weighted by Gasteiger charge is -2.27. The molecule has 1 atom stereocenters. The van der Waals surface area contributed by atoms with Crippen molar-refractivity contribution in [3.8, 4) is 0 Å². The molecule has 3 nitrogen and oxygen atoms in total. The minimum atomic E-state index is 0.826. The average molecular weight is 405 g/mol. The lowest BCUT2D eigenvalue weighted by atomic mass is 10.1. The second-order valence-corrected chi connectivity index (χ2v) is 8.78. The van der Waals surface area contributed by atoms with Crippen LogP contribution < -0.4 is 10.2 Å². The largest absolute Gasteiger partial charge is 0.344 e. The molecule has 0 spiro atoms. The van der Waals surface area contributed by atoms with Gasteiger partial charge in [-0.25, -0.2) is 0 Å². The van der Waals surface area contributed by atoms with Gasteiger partial charge in [0.1, 0.15) is 0 Å². The molecule has 0 aliphatic rings. The highest BCUT2D eigenvalue weighted by Gasteiger charge is 2.14. The Morgan fingerprint density at radius 3 is 2.44 bits per heavy atom. The van der Waals surface area contributed by atoms with E-state index < -0.39 is 0 Å². The minimum Gasteiger partial charge on any atom is -0.344 e. The summed E-state index contributed by atoms with van der Waals surface area (Å²) in [6.45, 7) is 10.8. The van der Waals surface area contributed by atoms with Gasteiger partial charge in [0, 0.05) is 23.5 Å². The quantitative estimate of drug-likeness (QED) is 0.577. The van der Waals surface area contributed by atoms with Crippen molar-refractivity contribution in [3.05, 3.63) is 51.7 Å². The summed E-state index contributed by atoms with van der Waals surface area (Å²) in [5.41, 5.74) is 3.61. The number of hydrogen-bond acceptors (Lipinski definition) is 2. The van der Waals surface area contributed by atoms with Crippen molar-refractivity contribution >= 4 is 34.4 Å². The van der Waals surface area contributed by atoms with Gasteiger partial charge in [-0.15, -0.1) is 11.3 Å². The number of benzene rings is 1. The van der Waals surface area contributed by atoms with Crippen LogP contribution in [0, 0.1) is 13.8 Å². The third kappa shape index (κ3) is 7.24. The molecule has 1 aromatic heterocycles. The average Bonchev–Trinajstić information content (AvgIpc) is 3.15. The number of thiocarbonyl (C=S) groups is 1. The Morgan fingerprint density at radius 2 is 1.81 bits per heavy atom. The summed E-state index contributed by atoms with van der Waals surface area (Å²) in [5, 5.41) is 6.48. The zero-order chi connectivity index (χ0) is 19.6. The van der Waals surface area contributed by atoms with Crippen LogP contribution in [0.1, 0.15) is 42.2 Å². The van der Waals surface area contributed by atoms with Crippen molar-refractivity contribution in [1.82, 2.24) is 4.90 Å². The number of rotatable bonds is 10. The molecule has 1 unspecified atom stereocenters. The standard InChI is InChI=1S/C22H33N3S2/c1-5-6-13-24(4)14-9-15-25(17-20-12-8-16-27-20)22(26)23-21-18(2)10-7-11-19(21)3/h7-8,10-12,16H,5-6,9,13-15,17H2,1-4H3,(H,23,26)/p+1. The highest BCUT2D eigenvalue weighted by molar-refractivity contribution is 7.80. The number of anilines is 1. The fourth-order valence-corrected chi connectivity index (χ4v) is 4.19. The maximum Gasteiger partial charge on any atom is 0.173 e. The Balaban J connectivity index is 1.99. The lowest BCUT2D eigenvalue weighted by molar-refractivity contribution is -0.880. The summed E-state index contributed by atoms with van der Waals surface area (Å²) in [5.74, 6) is 0. The molecule has 0 aliphatic heterocycles. The summed E-state index contributed by atoms with van der Waals surface area (Å²) < 4.78 is 0. The smallest absolute Gasteiger partial charge is 0.173 e. The van der Waals surface area contributed by atoms with Gasteiger partial charge in [0.15, 0.2) is 5.11 Å². The van der Waals surface area contributed by atoms with Gasteiger partial charge < -0.3 is 15.1 Å². The van der Waals surface area contributed by atoms with E-state index in [2.05, 4.69) is 73.7 Å². The van der Waals surface area contributed by atoms with E-state index in [4.69, 9.17) is 12.2 Å². The number of thiophene rings is 1. The first-order chi connectivity index (χ1) is 13.0. The van der Waals surface area contributed by atoms with Crippen molar-refractivity contribution in [1.29, 1.82) is 0 Å². The molecular formula is C22H34N3S2+. The van der Waals surface area contributed by atoms with Crippen molar-refractivity contribution < 1.29 is 4.90 Å². The highest BCUT2D eigenvalue weighted by Crippen LogP contribution is 2.21. The van der Waals surface area contributed by atoms with Crippen LogP contribution in [0.25, 0.3) is 0 Å². The fraction of sp³-hybridized carbons (Fsp3) is 0.500. The van der Waals surface area contributed by atoms with E-state index in [1.807, 2.05) is 0 Å². The van der Waals surface area contributed by atoms with Gasteiger partial charge in [-0.3, -0.25) is 0 Å². The molecule has 0 aliphatic carbocycles. The SMILES string of the molecule is CCCC[NH+](C)CCCN(Cc1cccs1)C(=S)Nc1c(C)cccc1C. The summed E-state index contributed by atoms with van der Waals surface area (Å²) in [6, 6.07) is 10.7. The van der Waals surface area contributed by atoms with Gasteiger partial charge >= 0.3 is 0 Å². The van der Waals surface area contributed by atoms with E-state index in [1.165, 1.54) is 41.9 Å². The van der Waals surface area contributed by atoms with E-state index in [9.17, 15) is 0 Å². The topological polar surface area (TPSA) is 19.7 Å². The summed E-state index contributed by atoms with van der Waals surface area (Å²) in [4.78, 5) is 5.29. The normalized spacial score (nSPS) is 12.0. The Morgan fingerprint density at radius 1 is 1.11 bits per heavy atom. The molecule has 0 amide bonds. The minimum absolute atomic E-state index is 0.826. The molecule has 148 valence electrons. The first-order valence-electron chi connectivity index (χ1n) is 9.97. The molecule has 2 rings (SSSR count). The van der Waals surface area contributed by atoms with Crippen molar-refractivity contribution in [2.45, 2.75) is 46.6 Å². The van der Waals surface area contributed by atoms with Crippen molar-refractivity contribution in [2.24, 2.45) is 0 Å². The summed E-state index contributed by atoms with van der Waals surface area (Å²) in [7, 11) is 2.30. The molecule has 1 aromatic carbocycles. The van der Waals surface area contributed by atoms with Gasteiger partial charge in [-0.1, -0.05) is 37.6 Å². The number of nitrogens with one attached hydrogen (secondary N) is 2. The van der Waals surface area contributed by atoms with Crippen LogP contribution >= 0.6 is 23.6 Å². The second kappa shape index (κ2) is 11.4. The van der Waals surface area contributed by atoms with Gasteiger partial charge in [-0.2, -0.15) is 0 Å². The molecule has 0 bridgehead atoms. The van der Waals surface area contributed by atoms with E-state index >= 15 is 0 Å². The second-order valence-electron chi connectivity index (χ2n) is 7.36. The van der Waals surface area contributed by atoms with Crippen LogP contribution in [0.4, 0.5) is 5.69 Å². The molecule has 0 saturated heterocycles. The van der Waals surface area contributed by atoms with E-state index in [1.54, 1.807) is 16.2 Å². The van der Waals surface area contributed by atoms with Crippen LogP contribution in [0.5, 0.6) is 0 Å². The maximum absolute atomic E-state index is 5.81. The zero-order valence-corrected chi connectivity index (χ0v) is 18.8. The molecule has 0 saturated carbocycles. The predicted molar refractivity (Wildman–Crippen MR) is 123 cm³/mol. The number of quaternary nitrogens is 1. The molecule has 2 N–H and O–H groups in total. The van der Waals surface area contributed by atoms with Gasteiger partial charge in [0.05, 0.1) is 26.7 Å². The van der Waals surface area contributed by atoms with E-state index in [0.717, 1.165) is 30.3 Å². The monoisotopic (exact) mass is 404 g/mol. The Bertz CT molecular complexity index is 677. The molecular weight excluding hydrogens is 370 g/mol. The van der Waals surface area contributed by atoms with E-state index in [-0.39, 0.29) is 0 Å². The number of unbranched alkanes of at least 4 members (excludes halogenated alkanes) is 1. The fourth-order valence-electron chi connectivity index (χ4n) is 3.22. The molecule has 27 heavy (non-hydrogen) atoms. The molecule has 1 heterocycles. The third-order valence-electron chi connectivity index (χ3n) is 4.92. The first kappa shape index (κ1) is 21.9. The number of para-hydroxylation sites is 1. The molecule has 0 radical (unpaired) electrons. The highest BCUT2D eigenvalue weighted by atomic mass is 32.1. The van der Waals surface area contributed by atoms with Gasteiger partial charge in [0.25, 0.3) is 0 Å². The van der Waals surface area contributed by atoms with Crippen LogP contribution in [0.15, 0.2) is 35.7 Å². The Hall–Kier alpha value is -1.43. The number of aryl methyl sites for hydroxylation is 2. The number of nitrogens with zero attached hydrogens (tertiary/aromatic N) is 1. The van der Waals surface area contributed by atoms with Crippen molar-refractivity contribution in [3.63, 3.8) is 0 Å². The Kier molecular flexibility index (Phi) is 9.25. The zero-order valence-electron chi connectivity index (χ0n) is 17.2. The van der Waals surface area contributed by atoms with Crippen molar-refractivity contribution in [2.75, 3.05) is 32.0 Å². The summed E-state index contributed by atoms with van der Waals surface area (Å²) >= 11 is 7.61.